The van der Waals surface area contributed by atoms with E-state index >= 15 is 0 Å². The summed E-state index contributed by atoms with van der Waals surface area (Å²) in [6.45, 7) is 3.20. The number of amides is 1. The Hall–Kier alpha value is -2.85. The van der Waals surface area contributed by atoms with Crippen LogP contribution in [0.2, 0.25) is 0 Å². The predicted molar refractivity (Wildman–Crippen MR) is 153 cm³/mol. The zero-order chi connectivity index (χ0) is 24.0. The van der Waals surface area contributed by atoms with Crippen LogP contribution in [0.1, 0.15) is 31.4 Å². The average Bonchev–Trinajstić information content (AvgIpc) is 3.35. The van der Waals surface area contributed by atoms with Crippen LogP contribution < -0.4 is 10.1 Å². The van der Waals surface area contributed by atoms with Crippen molar-refractivity contribution in [2.45, 2.75) is 35.6 Å². The first kappa shape index (κ1) is 28.7. The lowest BCUT2D eigenvalue weighted by atomic mass is 9.94. The number of para-hydroxylation sites is 1. The van der Waals surface area contributed by atoms with Crippen LogP contribution in [0.5, 0.6) is 11.5 Å². The van der Waals surface area contributed by atoms with Gasteiger partial charge in [-0.2, -0.15) is 0 Å². The van der Waals surface area contributed by atoms with Gasteiger partial charge in [0.1, 0.15) is 10.8 Å². The SMILES string of the molecule is CC(=O)N1CCC(c2csc(Nc3ncc(Sc4ccccn4)cc3Oc3ccccc3)n2)CC1.Cl.Cl. The number of pyridine rings is 2. The Morgan fingerprint density at radius 2 is 1.84 bits per heavy atom. The largest absolute Gasteiger partial charge is 0.453 e. The van der Waals surface area contributed by atoms with E-state index in [4.69, 9.17) is 9.72 Å². The van der Waals surface area contributed by atoms with Crippen LogP contribution in [0.3, 0.4) is 0 Å². The van der Waals surface area contributed by atoms with Crippen LogP contribution >= 0.6 is 47.9 Å². The number of hydrogen-bond donors (Lipinski definition) is 1. The summed E-state index contributed by atoms with van der Waals surface area (Å²) in [6, 6.07) is 17.4. The van der Waals surface area contributed by atoms with Crippen molar-refractivity contribution in [3.63, 3.8) is 0 Å². The van der Waals surface area contributed by atoms with Crippen LogP contribution in [0.25, 0.3) is 0 Å². The molecule has 1 aliphatic rings. The smallest absolute Gasteiger partial charge is 0.219 e. The van der Waals surface area contributed by atoms with Gasteiger partial charge in [-0.15, -0.1) is 36.2 Å². The maximum absolute atomic E-state index is 11.6. The number of carbonyl (C=O) groups is 1. The van der Waals surface area contributed by atoms with Gasteiger partial charge in [-0.3, -0.25) is 4.79 Å². The Labute approximate surface area is 236 Å². The van der Waals surface area contributed by atoms with Gasteiger partial charge < -0.3 is 15.0 Å². The highest BCUT2D eigenvalue weighted by Gasteiger charge is 2.24. The van der Waals surface area contributed by atoms with Gasteiger partial charge in [0.2, 0.25) is 5.91 Å². The zero-order valence-corrected chi connectivity index (χ0v) is 23.3. The Balaban J connectivity index is 0.00000190. The molecule has 194 valence electrons. The van der Waals surface area contributed by atoms with E-state index in [-0.39, 0.29) is 30.7 Å². The number of hydrogen-bond acceptors (Lipinski definition) is 8. The van der Waals surface area contributed by atoms with Crippen molar-refractivity contribution < 1.29 is 9.53 Å². The highest BCUT2D eigenvalue weighted by Crippen LogP contribution is 2.37. The van der Waals surface area contributed by atoms with E-state index in [1.54, 1.807) is 24.5 Å². The fourth-order valence-electron chi connectivity index (χ4n) is 3.92. The molecule has 7 nitrogen and oxygen atoms in total. The lowest BCUT2D eigenvalue weighted by molar-refractivity contribution is -0.129. The first-order valence-electron chi connectivity index (χ1n) is 11.4. The van der Waals surface area contributed by atoms with E-state index in [2.05, 4.69) is 20.7 Å². The lowest BCUT2D eigenvalue weighted by Crippen LogP contribution is -2.36. The molecule has 0 aliphatic carbocycles. The van der Waals surface area contributed by atoms with Crippen LogP contribution in [0, 0.1) is 0 Å². The van der Waals surface area contributed by atoms with E-state index in [0.29, 0.717) is 17.5 Å². The zero-order valence-electron chi connectivity index (χ0n) is 20.1. The van der Waals surface area contributed by atoms with E-state index in [1.807, 2.05) is 65.7 Å². The summed E-state index contributed by atoms with van der Waals surface area (Å²) in [6.07, 6.45) is 5.45. The molecule has 37 heavy (non-hydrogen) atoms. The van der Waals surface area contributed by atoms with Gasteiger partial charge in [0.05, 0.1) is 5.69 Å². The number of ether oxygens (including phenoxy) is 1. The van der Waals surface area contributed by atoms with E-state index in [9.17, 15) is 4.79 Å². The fraction of sp³-hybridized carbons (Fsp3) is 0.231. The molecule has 1 amide bonds. The van der Waals surface area contributed by atoms with Crippen molar-refractivity contribution in [1.29, 1.82) is 0 Å². The summed E-state index contributed by atoms with van der Waals surface area (Å²) < 4.78 is 6.20. The van der Waals surface area contributed by atoms with Crippen molar-refractivity contribution in [3.05, 3.63) is 78.1 Å². The van der Waals surface area contributed by atoms with Gasteiger partial charge in [0.15, 0.2) is 16.7 Å². The monoisotopic (exact) mass is 575 g/mol. The maximum atomic E-state index is 11.6. The molecule has 1 aromatic carbocycles. The number of carbonyl (C=O) groups excluding carboxylic acids is 1. The Bertz CT molecular complexity index is 1290. The maximum Gasteiger partial charge on any atom is 0.219 e. The van der Waals surface area contributed by atoms with Crippen LogP contribution in [0.4, 0.5) is 10.9 Å². The van der Waals surface area contributed by atoms with Crippen LogP contribution in [0.15, 0.2) is 82.3 Å². The normalized spacial score (nSPS) is 13.3. The predicted octanol–water partition coefficient (Wildman–Crippen LogP) is 7.19. The molecule has 0 atom stereocenters. The van der Waals surface area contributed by atoms with E-state index < -0.39 is 0 Å². The second-order valence-corrected chi connectivity index (χ2v) is 10.1. The molecule has 0 unspecified atom stereocenters. The summed E-state index contributed by atoms with van der Waals surface area (Å²) >= 11 is 3.08. The molecule has 0 bridgehead atoms. The minimum atomic E-state index is 0. The third-order valence-electron chi connectivity index (χ3n) is 5.76. The molecule has 1 aliphatic heterocycles. The standard InChI is InChI=1S/C26H25N5O2S2.2ClH/c1-18(32)31-13-10-19(11-14-31)22-17-34-26(29-22)30-25-23(33-20-7-3-2-4-8-20)15-21(16-28-25)35-24-9-5-6-12-27-24;;/h2-9,12,15-17,19H,10-11,13-14H2,1H3,(H,28,29,30);2*1H. The van der Waals surface area contributed by atoms with Crippen molar-refractivity contribution >= 4 is 64.8 Å². The first-order valence-corrected chi connectivity index (χ1v) is 13.1. The Kier molecular flexibility index (Phi) is 10.6. The van der Waals surface area contributed by atoms with Gasteiger partial charge in [-0.1, -0.05) is 36.0 Å². The number of anilines is 2. The number of nitrogens with zero attached hydrogens (tertiary/aromatic N) is 4. The van der Waals surface area contributed by atoms with Crippen molar-refractivity contribution in [2.75, 3.05) is 18.4 Å². The summed E-state index contributed by atoms with van der Waals surface area (Å²) in [5, 5.41) is 7.11. The molecule has 0 saturated carbocycles. The molecular weight excluding hydrogens is 549 g/mol. The number of rotatable bonds is 7. The van der Waals surface area contributed by atoms with E-state index in [1.165, 1.54) is 11.8 Å². The molecule has 4 aromatic rings. The van der Waals surface area contributed by atoms with Gasteiger partial charge in [0, 0.05) is 54.7 Å². The van der Waals surface area contributed by atoms with Gasteiger partial charge in [0.25, 0.3) is 0 Å². The number of halogens is 2. The first-order chi connectivity index (χ1) is 17.1. The molecule has 1 N–H and O–H groups in total. The van der Waals surface area contributed by atoms with Crippen LogP contribution in [-0.4, -0.2) is 38.8 Å². The molecule has 0 radical (unpaired) electrons. The number of aromatic nitrogens is 3. The van der Waals surface area contributed by atoms with E-state index in [0.717, 1.165) is 52.4 Å². The van der Waals surface area contributed by atoms with Crippen molar-refractivity contribution in [2.24, 2.45) is 0 Å². The second-order valence-electron chi connectivity index (χ2n) is 8.19. The summed E-state index contributed by atoms with van der Waals surface area (Å²) in [4.78, 5) is 28.3. The van der Waals surface area contributed by atoms with Gasteiger partial charge in [-0.25, -0.2) is 15.0 Å². The summed E-state index contributed by atoms with van der Waals surface area (Å²) in [5.41, 5.74) is 1.06. The lowest BCUT2D eigenvalue weighted by Gasteiger charge is -2.30. The van der Waals surface area contributed by atoms with Crippen LogP contribution in [-0.2, 0) is 4.79 Å². The average molecular weight is 577 g/mol. The second kappa shape index (κ2) is 13.6. The summed E-state index contributed by atoms with van der Waals surface area (Å²) in [5.74, 6) is 2.46. The Morgan fingerprint density at radius 3 is 2.54 bits per heavy atom. The molecule has 1 fully saturated rings. The third-order valence-corrected chi connectivity index (χ3v) is 7.45. The minimum Gasteiger partial charge on any atom is -0.453 e. The highest BCUT2D eigenvalue weighted by molar-refractivity contribution is 7.99. The highest BCUT2D eigenvalue weighted by atomic mass is 35.5. The fourth-order valence-corrected chi connectivity index (χ4v) is 5.48. The molecule has 3 aromatic heterocycles. The molecule has 11 heteroatoms. The third kappa shape index (κ3) is 7.58. The number of piperidine rings is 1. The van der Waals surface area contributed by atoms with Gasteiger partial charge >= 0.3 is 0 Å². The molecule has 1 saturated heterocycles. The number of nitrogens with one attached hydrogen (secondary N) is 1. The Morgan fingerprint density at radius 1 is 1.08 bits per heavy atom. The van der Waals surface area contributed by atoms with Crippen molar-refractivity contribution in [1.82, 2.24) is 19.9 Å². The molecule has 4 heterocycles. The quantitative estimate of drug-likeness (QED) is 0.249. The molecule has 5 rings (SSSR count). The summed E-state index contributed by atoms with van der Waals surface area (Å²) in [7, 11) is 0. The van der Waals surface area contributed by atoms with Crippen molar-refractivity contribution in [3.8, 4) is 11.5 Å². The van der Waals surface area contributed by atoms with Gasteiger partial charge in [-0.05, 0) is 37.1 Å². The minimum absolute atomic E-state index is 0. The number of benzene rings is 1. The topological polar surface area (TPSA) is 80.2 Å². The number of likely N-dealkylation sites (tertiary alicyclic amines) is 1. The molecular formula is C26H27Cl2N5O2S2. The number of thiazole rings is 1. The molecule has 0 spiro atoms.